The van der Waals surface area contributed by atoms with Gasteiger partial charge in [0.1, 0.15) is 0 Å². The zero-order valence-corrected chi connectivity index (χ0v) is 13.6. The van der Waals surface area contributed by atoms with Gasteiger partial charge in [0, 0.05) is 29.7 Å². The van der Waals surface area contributed by atoms with Crippen LogP contribution in [0.4, 0.5) is 0 Å². The van der Waals surface area contributed by atoms with E-state index in [0.717, 1.165) is 31.4 Å². The van der Waals surface area contributed by atoms with Crippen molar-refractivity contribution in [3.8, 4) is 0 Å². The summed E-state index contributed by atoms with van der Waals surface area (Å²) in [5, 5.41) is 1.29. The van der Waals surface area contributed by atoms with Gasteiger partial charge in [0.25, 0.3) is 0 Å². The van der Waals surface area contributed by atoms with Crippen molar-refractivity contribution in [1.82, 2.24) is 9.88 Å². The number of carbonyl (C=O) groups excluding carboxylic acids is 1. The summed E-state index contributed by atoms with van der Waals surface area (Å²) in [7, 11) is 1.48. The standard InChI is InChI=1S/C19H22N2O2/c1-3-12-10-15(19(22)23-2)18-17-14(8-9-21(18)11-12)13-6-4-5-7-16(13)20-17/h4-7,10,15,18,20H,3,8-9,11H2,1-2H3/t15-,18-/m0/s1. The number of hydrogen-bond acceptors (Lipinski definition) is 3. The van der Waals surface area contributed by atoms with Crippen molar-refractivity contribution in [2.75, 3.05) is 20.2 Å². The number of H-pyrrole nitrogens is 1. The van der Waals surface area contributed by atoms with Gasteiger partial charge < -0.3 is 9.72 Å². The molecule has 2 aliphatic rings. The fourth-order valence-electron chi connectivity index (χ4n) is 4.13. The summed E-state index contributed by atoms with van der Waals surface area (Å²) in [5.41, 5.74) is 5.05. The SMILES string of the molecule is CCC1=C[C@H](C(=O)OC)[C@H]2c3[nH]c4ccccc4c3CCN2C1. The van der Waals surface area contributed by atoms with E-state index >= 15 is 0 Å². The second-order valence-corrected chi connectivity index (χ2v) is 6.46. The van der Waals surface area contributed by atoms with E-state index in [4.69, 9.17) is 4.74 Å². The zero-order valence-electron chi connectivity index (χ0n) is 13.6. The molecule has 2 aliphatic heterocycles. The number of benzene rings is 1. The van der Waals surface area contributed by atoms with Crippen molar-refractivity contribution < 1.29 is 9.53 Å². The van der Waals surface area contributed by atoms with Crippen molar-refractivity contribution in [3.05, 3.63) is 47.2 Å². The van der Waals surface area contributed by atoms with E-state index in [1.54, 1.807) is 0 Å². The van der Waals surface area contributed by atoms with E-state index in [1.165, 1.54) is 29.3 Å². The first-order valence-electron chi connectivity index (χ1n) is 8.33. The van der Waals surface area contributed by atoms with Crippen LogP contribution < -0.4 is 0 Å². The molecule has 120 valence electrons. The second-order valence-electron chi connectivity index (χ2n) is 6.46. The number of aromatic amines is 1. The van der Waals surface area contributed by atoms with Crippen molar-refractivity contribution in [3.63, 3.8) is 0 Å². The third-order valence-corrected chi connectivity index (χ3v) is 5.27. The Morgan fingerprint density at radius 2 is 2.22 bits per heavy atom. The summed E-state index contributed by atoms with van der Waals surface area (Å²) in [6, 6.07) is 8.48. The number of carbonyl (C=O) groups is 1. The number of rotatable bonds is 2. The van der Waals surface area contributed by atoms with Crippen molar-refractivity contribution in [2.45, 2.75) is 25.8 Å². The van der Waals surface area contributed by atoms with Gasteiger partial charge in [-0.05, 0) is 24.5 Å². The Balaban J connectivity index is 1.86. The number of nitrogens with zero attached hydrogens (tertiary/aromatic N) is 1. The Bertz CT molecular complexity index is 790. The number of ether oxygens (including phenoxy) is 1. The van der Waals surface area contributed by atoms with Gasteiger partial charge >= 0.3 is 5.97 Å². The molecule has 0 radical (unpaired) electrons. The van der Waals surface area contributed by atoms with Crippen molar-refractivity contribution in [2.24, 2.45) is 5.92 Å². The van der Waals surface area contributed by atoms with E-state index < -0.39 is 0 Å². The summed E-state index contributed by atoms with van der Waals surface area (Å²) in [4.78, 5) is 18.4. The molecular formula is C19H22N2O2. The number of aromatic nitrogens is 1. The lowest BCUT2D eigenvalue weighted by atomic mass is 9.83. The minimum absolute atomic E-state index is 0.0638. The summed E-state index contributed by atoms with van der Waals surface area (Å²) in [5.74, 6) is -0.368. The van der Waals surface area contributed by atoms with E-state index in [0.29, 0.717) is 0 Å². The molecule has 4 rings (SSSR count). The molecule has 0 spiro atoms. The minimum atomic E-state index is -0.226. The Morgan fingerprint density at radius 3 is 3.00 bits per heavy atom. The number of nitrogens with one attached hydrogen (secondary N) is 1. The quantitative estimate of drug-likeness (QED) is 0.684. The van der Waals surface area contributed by atoms with Crippen LogP contribution in [0.2, 0.25) is 0 Å². The first kappa shape index (κ1) is 14.5. The highest BCUT2D eigenvalue weighted by Crippen LogP contribution is 2.42. The molecule has 4 heteroatoms. The first-order valence-corrected chi connectivity index (χ1v) is 8.33. The molecule has 0 saturated heterocycles. The van der Waals surface area contributed by atoms with Crippen LogP contribution in [0.1, 0.15) is 30.6 Å². The van der Waals surface area contributed by atoms with Gasteiger partial charge in [-0.2, -0.15) is 0 Å². The highest BCUT2D eigenvalue weighted by atomic mass is 16.5. The number of para-hydroxylation sites is 1. The molecule has 0 saturated carbocycles. The number of fused-ring (bicyclic) bond motifs is 5. The summed E-state index contributed by atoms with van der Waals surface area (Å²) < 4.78 is 5.10. The molecule has 0 bridgehead atoms. The molecule has 0 fully saturated rings. The Labute approximate surface area is 136 Å². The maximum Gasteiger partial charge on any atom is 0.314 e. The maximum atomic E-state index is 12.4. The van der Waals surface area contributed by atoms with Crippen LogP contribution in [0.25, 0.3) is 10.9 Å². The predicted molar refractivity (Wildman–Crippen MR) is 90.2 cm³/mol. The zero-order chi connectivity index (χ0) is 16.0. The Morgan fingerprint density at radius 1 is 1.39 bits per heavy atom. The lowest BCUT2D eigenvalue weighted by molar-refractivity contribution is -0.146. The molecular weight excluding hydrogens is 288 g/mol. The fraction of sp³-hybridized carbons (Fsp3) is 0.421. The number of esters is 1. The van der Waals surface area contributed by atoms with Crippen LogP contribution in [0.5, 0.6) is 0 Å². The van der Waals surface area contributed by atoms with Gasteiger partial charge in [0.05, 0.1) is 19.1 Å². The van der Waals surface area contributed by atoms with Crippen molar-refractivity contribution in [1.29, 1.82) is 0 Å². The average molecular weight is 310 g/mol. The average Bonchev–Trinajstić information content (AvgIpc) is 2.98. The highest BCUT2D eigenvalue weighted by molar-refractivity contribution is 5.86. The van der Waals surface area contributed by atoms with Crippen LogP contribution in [0, 0.1) is 5.92 Å². The van der Waals surface area contributed by atoms with E-state index in [-0.39, 0.29) is 17.9 Å². The second kappa shape index (κ2) is 5.53. The maximum absolute atomic E-state index is 12.4. The van der Waals surface area contributed by atoms with Crippen LogP contribution in [0.3, 0.4) is 0 Å². The Kier molecular flexibility index (Phi) is 3.49. The lowest BCUT2D eigenvalue weighted by Crippen LogP contribution is -2.45. The highest BCUT2D eigenvalue weighted by Gasteiger charge is 2.41. The van der Waals surface area contributed by atoms with E-state index in [9.17, 15) is 4.79 Å². The third kappa shape index (κ3) is 2.20. The van der Waals surface area contributed by atoms with Gasteiger partial charge in [-0.1, -0.05) is 36.8 Å². The van der Waals surface area contributed by atoms with Crippen LogP contribution in [-0.4, -0.2) is 36.1 Å². The molecule has 0 unspecified atom stereocenters. The number of methoxy groups -OCH3 is 1. The molecule has 3 heterocycles. The molecule has 0 aliphatic carbocycles. The molecule has 2 atom stereocenters. The van der Waals surface area contributed by atoms with Gasteiger partial charge in [-0.15, -0.1) is 0 Å². The van der Waals surface area contributed by atoms with Gasteiger partial charge in [-0.25, -0.2) is 0 Å². The lowest BCUT2D eigenvalue weighted by Gasteiger charge is -2.42. The molecule has 2 aromatic rings. The summed E-state index contributed by atoms with van der Waals surface area (Å²) >= 11 is 0. The van der Waals surface area contributed by atoms with E-state index in [1.807, 2.05) is 0 Å². The van der Waals surface area contributed by atoms with Crippen molar-refractivity contribution >= 4 is 16.9 Å². The van der Waals surface area contributed by atoms with Gasteiger partial charge in [0.2, 0.25) is 0 Å². The monoisotopic (exact) mass is 310 g/mol. The molecule has 1 aromatic carbocycles. The summed E-state index contributed by atoms with van der Waals surface area (Å²) in [6.07, 6.45) is 4.14. The third-order valence-electron chi connectivity index (χ3n) is 5.27. The molecule has 0 amide bonds. The van der Waals surface area contributed by atoms with Gasteiger partial charge in [-0.3, -0.25) is 9.69 Å². The minimum Gasteiger partial charge on any atom is -0.469 e. The molecule has 1 aromatic heterocycles. The van der Waals surface area contributed by atoms with Crippen LogP contribution in [0.15, 0.2) is 35.9 Å². The van der Waals surface area contributed by atoms with E-state index in [2.05, 4.69) is 47.1 Å². The number of hydrogen-bond donors (Lipinski definition) is 1. The predicted octanol–water partition coefficient (Wildman–Crippen LogP) is 3.21. The normalized spacial score (nSPS) is 24.0. The molecule has 4 nitrogen and oxygen atoms in total. The largest absolute Gasteiger partial charge is 0.469 e. The smallest absolute Gasteiger partial charge is 0.314 e. The first-order chi connectivity index (χ1) is 11.2. The van der Waals surface area contributed by atoms with Crippen LogP contribution in [-0.2, 0) is 16.0 Å². The molecule has 1 N–H and O–H groups in total. The summed E-state index contributed by atoms with van der Waals surface area (Å²) in [6.45, 7) is 4.09. The Hall–Kier alpha value is -2.07. The molecule has 23 heavy (non-hydrogen) atoms. The topological polar surface area (TPSA) is 45.3 Å². The fourth-order valence-corrected chi connectivity index (χ4v) is 4.13. The van der Waals surface area contributed by atoms with Crippen LogP contribution >= 0.6 is 0 Å². The van der Waals surface area contributed by atoms with Gasteiger partial charge in [0.15, 0.2) is 0 Å².